The number of carbonyl (C=O) groups excluding carboxylic acids is 1. The molecule has 60 heavy (non-hydrogen) atoms. The van der Waals surface area contributed by atoms with Crippen molar-refractivity contribution in [2.45, 2.75) is 244 Å². The summed E-state index contributed by atoms with van der Waals surface area (Å²) in [7, 11) is 1.26. The van der Waals surface area contributed by atoms with E-state index >= 15 is 0 Å². The second kappa shape index (κ2) is 43.0. The first-order chi connectivity index (χ1) is 29.0. The number of nitrogens with zero attached hydrogens (tertiary/aromatic N) is 1. The Morgan fingerprint density at radius 3 is 1.42 bits per heavy atom. The number of carbonyl (C=O) groups is 1. The molecule has 0 spiro atoms. The zero-order chi connectivity index (χ0) is 44.3. The molecule has 0 aliphatic rings. The van der Waals surface area contributed by atoms with Crippen molar-refractivity contribution in [2.24, 2.45) is 0 Å². The minimum Gasteiger partial charge on any atom is -0.756 e. The Balaban J connectivity index is 3.78. The van der Waals surface area contributed by atoms with Crippen LogP contribution in [0.1, 0.15) is 232 Å². The Hall–Kier alpha value is -1.28. The number of phosphoric acid groups is 1. The van der Waals surface area contributed by atoms with Crippen molar-refractivity contribution in [3.8, 4) is 0 Å². The van der Waals surface area contributed by atoms with E-state index in [0.29, 0.717) is 17.4 Å². The highest BCUT2D eigenvalue weighted by Gasteiger charge is 2.23. The summed E-state index contributed by atoms with van der Waals surface area (Å²) in [5.74, 6) is -0.202. The molecule has 0 aromatic heterocycles. The highest BCUT2D eigenvalue weighted by molar-refractivity contribution is 7.45. The first kappa shape index (κ1) is 58.7. The first-order valence-corrected chi connectivity index (χ1v) is 26.8. The van der Waals surface area contributed by atoms with Gasteiger partial charge in [-0.2, -0.15) is 0 Å². The molecule has 354 valence electrons. The van der Waals surface area contributed by atoms with Crippen molar-refractivity contribution in [3.05, 3.63) is 36.5 Å². The molecule has 0 fully saturated rings. The van der Waals surface area contributed by atoms with Gasteiger partial charge in [-0.25, -0.2) is 0 Å². The molecule has 2 N–H and O–H groups in total. The Bertz CT molecular complexity index is 1070. The summed E-state index contributed by atoms with van der Waals surface area (Å²) in [6.45, 7) is 4.53. The normalized spacial score (nSPS) is 14.4. The van der Waals surface area contributed by atoms with Gasteiger partial charge in [0.1, 0.15) is 13.2 Å². The lowest BCUT2D eigenvalue weighted by atomic mass is 10.0. The first-order valence-electron chi connectivity index (χ1n) is 25.4. The second-order valence-electron chi connectivity index (χ2n) is 18.5. The van der Waals surface area contributed by atoms with Crippen molar-refractivity contribution in [1.82, 2.24) is 5.32 Å². The van der Waals surface area contributed by atoms with Crippen molar-refractivity contribution in [2.75, 3.05) is 40.9 Å². The molecule has 3 unspecified atom stereocenters. The number of aliphatic hydroxyl groups excluding tert-OH is 1. The number of aliphatic hydroxyl groups is 1. The topological polar surface area (TPSA) is 108 Å². The molecule has 0 aromatic rings. The van der Waals surface area contributed by atoms with Gasteiger partial charge in [0.2, 0.25) is 5.91 Å². The number of quaternary nitrogens is 1. The van der Waals surface area contributed by atoms with Gasteiger partial charge in [0.25, 0.3) is 7.82 Å². The average molecular weight is 867 g/mol. The van der Waals surface area contributed by atoms with Gasteiger partial charge in [-0.05, 0) is 51.4 Å². The number of likely N-dealkylation sites (N-methyl/N-ethyl adjacent to an activating group) is 1. The predicted molar refractivity (Wildman–Crippen MR) is 256 cm³/mol. The van der Waals surface area contributed by atoms with Crippen LogP contribution in [0.5, 0.6) is 0 Å². The maximum Gasteiger partial charge on any atom is 0.268 e. The number of hydrogen-bond donors (Lipinski definition) is 2. The summed E-state index contributed by atoms with van der Waals surface area (Å²) in [5.41, 5.74) is 0. The monoisotopic (exact) mass is 867 g/mol. The maximum atomic E-state index is 12.8. The Morgan fingerprint density at radius 2 is 0.967 bits per heavy atom. The zero-order valence-electron chi connectivity index (χ0n) is 40.2. The molecule has 0 rings (SSSR count). The van der Waals surface area contributed by atoms with Crippen LogP contribution < -0.4 is 10.2 Å². The predicted octanol–water partition coefficient (Wildman–Crippen LogP) is 14.0. The van der Waals surface area contributed by atoms with E-state index in [9.17, 15) is 19.4 Å². The zero-order valence-corrected chi connectivity index (χ0v) is 41.1. The lowest BCUT2D eigenvalue weighted by Crippen LogP contribution is -2.45. The van der Waals surface area contributed by atoms with Gasteiger partial charge in [-0.15, -0.1) is 0 Å². The lowest BCUT2D eigenvalue weighted by molar-refractivity contribution is -0.870. The largest absolute Gasteiger partial charge is 0.756 e. The van der Waals surface area contributed by atoms with Gasteiger partial charge in [-0.3, -0.25) is 9.36 Å². The van der Waals surface area contributed by atoms with Gasteiger partial charge in [0.15, 0.2) is 0 Å². The summed E-state index contributed by atoms with van der Waals surface area (Å²) in [6, 6.07) is -0.880. The standard InChI is InChI=1S/C51H99N2O6P/c1-6-8-10-12-13-14-15-16-17-18-19-20-21-22-23-24-25-26-27-28-29-30-31-32-33-34-35-36-37-38-39-41-43-45-51(55)52-49(50(54)44-42-40-11-9-7-2)48-59-60(56,57)58-47-46-53(3,4)5/h15-16,18-19,42,44,49-50,54H,6-14,17,20-41,43,45-48H2,1-5H3,(H-,52,55,56,57)/b16-15-,19-18-,44-42+. The molecule has 0 saturated heterocycles. The fourth-order valence-electron chi connectivity index (χ4n) is 7.30. The van der Waals surface area contributed by atoms with Crippen molar-refractivity contribution in [3.63, 3.8) is 0 Å². The summed E-state index contributed by atoms with van der Waals surface area (Å²) in [5, 5.41) is 13.6. The van der Waals surface area contributed by atoms with Crippen LogP contribution in [0.25, 0.3) is 0 Å². The van der Waals surface area contributed by atoms with Crippen LogP contribution >= 0.6 is 7.82 Å². The molecule has 9 heteroatoms. The van der Waals surface area contributed by atoms with E-state index in [-0.39, 0.29) is 19.1 Å². The third kappa shape index (κ3) is 44.8. The number of unbranched alkanes of at least 4 members (excludes halogenated alkanes) is 29. The number of hydrogen-bond acceptors (Lipinski definition) is 6. The van der Waals surface area contributed by atoms with Crippen molar-refractivity contribution >= 4 is 13.7 Å². The third-order valence-electron chi connectivity index (χ3n) is 11.3. The van der Waals surface area contributed by atoms with E-state index in [1.165, 1.54) is 161 Å². The molecular weight excluding hydrogens is 768 g/mol. The van der Waals surface area contributed by atoms with Gasteiger partial charge in [-0.1, -0.05) is 211 Å². The minimum atomic E-state index is -4.57. The highest BCUT2D eigenvalue weighted by Crippen LogP contribution is 2.38. The van der Waals surface area contributed by atoms with E-state index in [1.54, 1.807) is 6.08 Å². The fourth-order valence-corrected chi connectivity index (χ4v) is 8.02. The van der Waals surface area contributed by atoms with Gasteiger partial charge >= 0.3 is 0 Å². The van der Waals surface area contributed by atoms with Crippen LogP contribution in [0.15, 0.2) is 36.5 Å². The van der Waals surface area contributed by atoms with Gasteiger partial charge in [0.05, 0.1) is 39.9 Å². The number of amides is 1. The smallest absolute Gasteiger partial charge is 0.268 e. The molecule has 1 amide bonds. The molecule has 8 nitrogen and oxygen atoms in total. The number of nitrogens with one attached hydrogen (secondary N) is 1. The van der Waals surface area contributed by atoms with Crippen molar-refractivity contribution < 1.29 is 32.9 Å². The number of phosphoric ester groups is 1. The third-order valence-corrected chi connectivity index (χ3v) is 12.3. The minimum absolute atomic E-state index is 0.000833. The molecule has 0 aliphatic carbocycles. The summed E-state index contributed by atoms with van der Waals surface area (Å²) in [4.78, 5) is 25.1. The van der Waals surface area contributed by atoms with E-state index in [1.807, 2.05) is 27.2 Å². The number of rotatable bonds is 46. The molecule has 0 radical (unpaired) electrons. The molecule has 3 atom stereocenters. The van der Waals surface area contributed by atoms with Crippen LogP contribution in [0, 0.1) is 0 Å². The lowest BCUT2D eigenvalue weighted by Gasteiger charge is -2.29. The second-order valence-corrected chi connectivity index (χ2v) is 19.9. The molecule has 0 heterocycles. The summed E-state index contributed by atoms with van der Waals surface area (Å²) >= 11 is 0. The van der Waals surface area contributed by atoms with Gasteiger partial charge < -0.3 is 28.8 Å². The average Bonchev–Trinajstić information content (AvgIpc) is 3.20. The Morgan fingerprint density at radius 1 is 0.583 bits per heavy atom. The molecule has 0 saturated carbocycles. The molecular formula is C51H99N2O6P. The van der Waals surface area contributed by atoms with Crippen molar-refractivity contribution in [1.29, 1.82) is 0 Å². The Labute approximate surface area is 372 Å². The van der Waals surface area contributed by atoms with E-state index < -0.39 is 20.0 Å². The SMILES string of the molecule is CCCCC/C=C/C(O)C(COP(=O)([O-])OCC[N+](C)(C)C)NC(=O)CCCCCCCCCCCCCCCCCCCCCCC/C=C\C/C=C\CCCCCCC. The van der Waals surface area contributed by atoms with E-state index in [0.717, 1.165) is 51.4 Å². The van der Waals surface area contributed by atoms with Crippen LogP contribution in [-0.2, 0) is 18.4 Å². The van der Waals surface area contributed by atoms with Gasteiger partial charge in [0, 0.05) is 6.42 Å². The fraction of sp³-hybridized carbons (Fsp3) is 0.863. The quantitative estimate of drug-likeness (QED) is 0.0273. The molecule has 0 aromatic carbocycles. The van der Waals surface area contributed by atoms with E-state index in [2.05, 4.69) is 43.5 Å². The van der Waals surface area contributed by atoms with Crippen LogP contribution in [0.3, 0.4) is 0 Å². The number of allylic oxidation sites excluding steroid dienone is 5. The Kier molecular flexibility index (Phi) is 42.1. The maximum absolute atomic E-state index is 12.8. The summed E-state index contributed by atoms with van der Waals surface area (Å²) < 4.78 is 23.0. The van der Waals surface area contributed by atoms with Crippen LogP contribution in [0.2, 0.25) is 0 Å². The van der Waals surface area contributed by atoms with Crippen LogP contribution in [-0.4, -0.2) is 68.5 Å². The molecule has 0 bridgehead atoms. The summed E-state index contributed by atoms with van der Waals surface area (Å²) in [6.07, 6.45) is 54.2. The molecule has 0 aliphatic heterocycles. The van der Waals surface area contributed by atoms with Crippen LogP contribution in [0.4, 0.5) is 0 Å². The highest BCUT2D eigenvalue weighted by atomic mass is 31.2. The van der Waals surface area contributed by atoms with E-state index in [4.69, 9.17) is 9.05 Å².